The Balaban J connectivity index is 1.59. The van der Waals surface area contributed by atoms with Crippen molar-refractivity contribution in [2.75, 3.05) is 19.6 Å². The molecule has 2 unspecified atom stereocenters. The van der Waals surface area contributed by atoms with Crippen LogP contribution in [0.2, 0.25) is 0 Å². The summed E-state index contributed by atoms with van der Waals surface area (Å²) >= 11 is 0. The van der Waals surface area contributed by atoms with Gasteiger partial charge in [0.25, 0.3) is 0 Å². The second-order valence-corrected chi connectivity index (χ2v) is 10.2. The van der Waals surface area contributed by atoms with E-state index in [2.05, 4.69) is 56.0 Å². The van der Waals surface area contributed by atoms with Crippen LogP contribution in [0.3, 0.4) is 0 Å². The zero-order valence-electron chi connectivity index (χ0n) is 18.7. The van der Waals surface area contributed by atoms with Gasteiger partial charge in [0, 0.05) is 39.0 Å². The Kier molecular flexibility index (Phi) is 7.02. The normalized spacial score (nSPS) is 23.9. The van der Waals surface area contributed by atoms with E-state index in [1.165, 1.54) is 5.56 Å². The zero-order valence-corrected chi connectivity index (χ0v) is 18.7. The molecule has 2 fully saturated rings. The minimum atomic E-state index is 0.0863. The summed E-state index contributed by atoms with van der Waals surface area (Å²) in [5.74, 6) is 1.54. The SMILES string of the molecule is CC(=O)N1CCC(CC(=O)N2CCC(Cc3ccccc3)CC2C(C)(C)C)CC1. The molecule has 4 heteroatoms. The molecule has 4 nitrogen and oxygen atoms in total. The third kappa shape index (κ3) is 5.83. The van der Waals surface area contributed by atoms with Crippen molar-refractivity contribution in [2.45, 2.75) is 72.3 Å². The molecule has 2 aliphatic rings. The summed E-state index contributed by atoms with van der Waals surface area (Å²) in [6.07, 6.45) is 5.84. The number of piperidine rings is 2. The molecule has 0 aliphatic carbocycles. The predicted octanol–water partition coefficient (Wildman–Crippen LogP) is 4.53. The standard InChI is InChI=1S/C25H38N2O2/c1-19(28)26-13-10-21(11-14-26)18-24(29)27-15-12-22(17-23(27)25(2,3)4)16-20-8-6-5-7-9-20/h5-9,21-23H,10-18H2,1-4H3. The highest BCUT2D eigenvalue weighted by Gasteiger charge is 2.39. The van der Waals surface area contributed by atoms with Gasteiger partial charge in [-0.3, -0.25) is 9.59 Å². The van der Waals surface area contributed by atoms with Crippen molar-refractivity contribution in [3.05, 3.63) is 35.9 Å². The maximum Gasteiger partial charge on any atom is 0.223 e. The first kappa shape index (κ1) is 21.9. The first-order chi connectivity index (χ1) is 13.7. The lowest BCUT2D eigenvalue weighted by Gasteiger charge is -2.46. The van der Waals surface area contributed by atoms with E-state index >= 15 is 0 Å². The van der Waals surface area contributed by atoms with Crippen LogP contribution in [0, 0.1) is 17.3 Å². The van der Waals surface area contributed by atoms with Crippen LogP contribution in [0.4, 0.5) is 0 Å². The van der Waals surface area contributed by atoms with Crippen molar-refractivity contribution in [1.82, 2.24) is 9.80 Å². The zero-order chi connectivity index (χ0) is 21.0. The number of hydrogen-bond acceptors (Lipinski definition) is 2. The molecule has 0 aromatic heterocycles. The lowest BCUT2D eigenvalue weighted by atomic mass is 9.75. The lowest BCUT2D eigenvalue weighted by molar-refractivity contribution is -0.140. The lowest BCUT2D eigenvalue weighted by Crippen LogP contribution is -2.52. The fourth-order valence-electron chi connectivity index (χ4n) is 5.11. The topological polar surface area (TPSA) is 40.6 Å². The van der Waals surface area contributed by atoms with Crippen LogP contribution in [0.1, 0.15) is 65.4 Å². The summed E-state index contributed by atoms with van der Waals surface area (Å²) in [5.41, 5.74) is 1.49. The first-order valence-corrected chi connectivity index (χ1v) is 11.3. The largest absolute Gasteiger partial charge is 0.343 e. The Morgan fingerprint density at radius 1 is 0.966 bits per heavy atom. The van der Waals surface area contributed by atoms with E-state index in [0.717, 1.165) is 51.7 Å². The van der Waals surface area contributed by atoms with Gasteiger partial charge in [0.1, 0.15) is 0 Å². The van der Waals surface area contributed by atoms with Crippen molar-refractivity contribution >= 4 is 11.8 Å². The van der Waals surface area contributed by atoms with Gasteiger partial charge >= 0.3 is 0 Å². The van der Waals surface area contributed by atoms with E-state index in [1.54, 1.807) is 6.92 Å². The minimum absolute atomic E-state index is 0.0863. The summed E-state index contributed by atoms with van der Waals surface area (Å²) in [6, 6.07) is 11.0. The van der Waals surface area contributed by atoms with Crippen molar-refractivity contribution in [1.29, 1.82) is 0 Å². The van der Waals surface area contributed by atoms with Crippen LogP contribution in [0.15, 0.2) is 30.3 Å². The van der Waals surface area contributed by atoms with E-state index < -0.39 is 0 Å². The Bertz CT molecular complexity index is 687. The van der Waals surface area contributed by atoms with Crippen LogP contribution < -0.4 is 0 Å². The third-order valence-electron chi connectivity index (χ3n) is 6.92. The molecular formula is C25H38N2O2. The van der Waals surface area contributed by atoms with E-state index in [9.17, 15) is 9.59 Å². The smallest absolute Gasteiger partial charge is 0.223 e. The predicted molar refractivity (Wildman–Crippen MR) is 117 cm³/mol. The Morgan fingerprint density at radius 2 is 1.59 bits per heavy atom. The number of carbonyl (C=O) groups excluding carboxylic acids is 2. The van der Waals surface area contributed by atoms with Gasteiger partial charge in [0.15, 0.2) is 0 Å². The summed E-state index contributed by atoms with van der Waals surface area (Å²) < 4.78 is 0. The molecule has 0 radical (unpaired) electrons. The Labute approximate surface area is 176 Å². The number of amides is 2. The van der Waals surface area contributed by atoms with E-state index in [0.29, 0.717) is 30.2 Å². The maximum absolute atomic E-state index is 13.2. The van der Waals surface area contributed by atoms with Crippen molar-refractivity contribution in [2.24, 2.45) is 17.3 Å². The fraction of sp³-hybridized carbons (Fsp3) is 0.680. The minimum Gasteiger partial charge on any atom is -0.343 e. The molecule has 2 saturated heterocycles. The Morgan fingerprint density at radius 3 is 2.17 bits per heavy atom. The number of hydrogen-bond donors (Lipinski definition) is 0. The van der Waals surface area contributed by atoms with Crippen molar-refractivity contribution in [3.8, 4) is 0 Å². The second kappa shape index (κ2) is 9.32. The van der Waals surface area contributed by atoms with Gasteiger partial charge in [0.2, 0.25) is 11.8 Å². The van der Waals surface area contributed by atoms with Gasteiger partial charge in [0.05, 0.1) is 0 Å². The quantitative estimate of drug-likeness (QED) is 0.747. The molecule has 29 heavy (non-hydrogen) atoms. The van der Waals surface area contributed by atoms with Gasteiger partial charge in [-0.05, 0) is 54.9 Å². The molecule has 0 spiro atoms. The highest BCUT2D eigenvalue weighted by molar-refractivity contribution is 5.77. The maximum atomic E-state index is 13.2. The number of benzene rings is 1. The molecule has 2 amide bonds. The average Bonchev–Trinajstić information content (AvgIpc) is 2.68. The molecule has 160 valence electrons. The van der Waals surface area contributed by atoms with Crippen LogP contribution >= 0.6 is 0 Å². The van der Waals surface area contributed by atoms with E-state index in [-0.39, 0.29) is 11.3 Å². The number of nitrogens with zero attached hydrogens (tertiary/aromatic N) is 2. The van der Waals surface area contributed by atoms with Gasteiger partial charge in [-0.1, -0.05) is 51.1 Å². The first-order valence-electron chi connectivity index (χ1n) is 11.3. The third-order valence-corrected chi connectivity index (χ3v) is 6.92. The molecular weight excluding hydrogens is 360 g/mol. The summed E-state index contributed by atoms with van der Waals surface area (Å²) in [6.45, 7) is 10.9. The number of rotatable bonds is 4. The van der Waals surface area contributed by atoms with Crippen molar-refractivity contribution < 1.29 is 9.59 Å². The second-order valence-electron chi connectivity index (χ2n) is 10.2. The van der Waals surface area contributed by atoms with E-state index in [1.807, 2.05) is 4.90 Å². The summed E-state index contributed by atoms with van der Waals surface area (Å²) in [5, 5.41) is 0. The highest BCUT2D eigenvalue weighted by Crippen LogP contribution is 2.37. The van der Waals surface area contributed by atoms with Crippen LogP contribution in [0.25, 0.3) is 0 Å². The fourth-order valence-corrected chi connectivity index (χ4v) is 5.11. The van der Waals surface area contributed by atoms with Gasteiger partial charge in [-0.2, -0.15) is 0 Å². The molecule has 1 aromatic carbocycles. The monoisotopic (exact) mass is 398 g/mol. The van der Waals surface area contributed by atoms with Crippen LogP contribution in [-0.2, 0) is 16.0 Å². The summed E-state index contributed by atoms with van der Waals surface area (Å²) in [7, 11) is 0. The molecule has 0 N–H and O–H groups in total. The molecule has 2 aliphatic heterocycles. The summed E-state index contributed by atoms with van der Waals surface area (Å²) in [4.78, 5) is 28.9. The molecule has 0 bridgehead atoms. The molecule has 0 saturated carbocycles. The van der Waals surface area contributed by atoms with Crippen molar-refractivity contribution in [3.63, 3.8) is 0 Å². The number of likely N-dealkylation sites (tertiary alicyclic amines) is 2. The number of carbonyl (C=O) groups is 2. The van der Waals surface area contributed by atoms with Gasteiger partial charge < -0.3 is 9.80 Å². The van der Waals surface area contributed by atoms with Crippen LogP contribution in [-0.4, -0.2) is 47.3 Å². The average molecular weight is 399 g/mol. The van der Waals surface area contributed by atoms with E-state index in [4.69, 9.17) is 0 Å². The molecule has 2 atom stereocenters. The van der Waals surface area contributed by atoms with Gasteiger partial charge in [-0.25, -0.2) is 0 Å². The van der Waals surface area contributed by atoms with Crippen LogP contribution in [0.5, 0.6) is 0 Å². The highest BCUT2D eigenvalue weighted by atomic mass is 16.2. The molecule has 1 aromatic rings. The molecule has 3 rings (SSSR count). The Hall–Kier alpha value is -1.84. The van der Waals surface area contributed by atoms with Gasteiger partial charge in [-0.15, -0.1) is 0 Å². The molecule has 2 heterocycles.